The summed E-state index contributed by atoms with van der Waals surface area (Å²) in [5.74, 6) is 2.43. The van der Waals surface area contributed by atoms with E-state index in [2.05, 4.69) is 13.8 Å². The van der Waals surface area contributed by atoms with E-state index in [-0.39, 0.29) is 11.9 Å². The molecule has 5 heteroatoms. The minimum Gasteiger partial charge on any atom is -0.497 e. The first-order valence-electron chi connectivity index (χ1n) is 9.75. The molecule has 3 rings (SSSR count). The summed E-state index contributed by atoms with van der Waals surface area (Å²) >= 11 is 0. The van der Waals surface area contributed by atoms with Crippen molar-refractivity contribution in [1.29, 1.82) is 0 Å². The molecule has 1 amide bonds. The van der Waals surface area contributed by atoms with Crippen LogP contribution in [0.15, 0.2) is 36.4 Å². The Morgan fingerprint density at radius 1 is 1.04 bits per heavy atom. The Hall–Kier alpha value is -2.69. The molecule has 0 spiro atoms. The van der Waals surface area contributed by atoms with Crippen LogP contribution in [-0.4, -0.2) is 38.2 Å². The monoisotopic (exact) mass is 383 g/mol. The maximum Gasteiger partial charge on any atom is 0.226 e. The van der Waals surface area contributed by atoms with Gasteiger partial charge in [-0.15, -0.1) is 0 Å². The van der Waals surface area contributed by atoms with Gasteiger partial charge in [-0.2, -0.15) is 0 Å². The lowest BCUT2D eigenvalue weighted by Crippen LogP contribution is -2.31. The summed E-state index contributed by atoms with van der Waals surface area (Å²) in [5.41, 5.74) is 3.45. The molecule has 1 saturated heterocycles. The average molecular weight is 383 g/mol. The number of carbonyl (C=O) groups is 1. The van der Waals surface area contributed by atoms with E-state index in [4.69, 9.17) is 14.2 Å². The average Bonchev–Trinajstić information content (AvgIpc) is 3.19. The van der Waals surface area contributed by atoms with Gasteiger partial charge < -0.3 is 19.1 Å². The molecule has 1 fully saturated rings. The van der Waals surface area contributed by atoms with Gasteiger partial charge >= 0.3 is 0 Å². The van der Waals surface area contributed by atoms with Crippen LogP contribution in [0.25, 0.3) is 0 Å². The second-order valence-corrected chi connectivity index (χ2v) is 7.20. The molecule has 0 N–H and O–H groups in total. The molecule has 1 aliphatic heterocycles. The van der Waals surface area contributed by atoms with Gasteiger partial charge in [0.25, 0.3) is 0 Å². The smallest absolute Gasteiger partial charge is 0.226 e. The van der Waals surface area contributed by atoms with E-state index in [1.165, 1.54) is 11.1 Å². The molecule has 5 nitrogen and oxygen atoms in total. The molecule has 2 aromatic carbocycles. The normalized spacial score (nSPS) is 16.1. The van der Waals surface area contributed by atoms with Crippen LogP contribution in [0.3, 0.4) is 0 Å². The van der Waals surface area contributed by atoms with Crippen molar-refractivity contribution in [2.24, 2.45) is 0 Å². The number of aryl methyl sites for hydroxylation is 2. The van der Waals surface area contributed by atoms with Gasteiger partial charge in [0, 0.05) is 18.2 Å². The van der Waals surface area contributed by atoms with Crippen molar-refractivity contribution < 1.29 is 19.0 Å². The fourth-order valence-electron chi connectivity index (χ4n) is 3.69. The van der Waals surface area contributed by atoms with Crippen LogP contribution in [0, 0.1) is 13.8 Å². The predicted octanol–water partition coefficient (Wildman–Crippen LogP) is 4.45. The highest BCUT2D eigenvalue weighted by Gasteiger charge is 2.31. The summed E-state index contributed by atoms with van der Waals surface area (Å²) in [5, 5.41) is 0. The zero-order chi connectivity index (χ0) is 20.1. The summed E-state index contributed by atoms with van der Waals surface area (Å²) in [4.78, 5) is 14.8. The molecular weight excluding hydrogens is 354 g/mol. The number of ether oxygens (including phenoxy) is 3. The lowest BCUT2D eigenvalue weighted by molar-refractivity contribution is -0.132. The number of methoxy groups -OCH3 is 2. The summed E-state index contributed by atoms with van der Waals surface area (Å²) < 4.78 is 16.6. The maximum absolute atomic E-state index is 12.8. The number of likely N-dealkylation sites (tertiary alicyclic amines) is 1. The number of hydrogen-bond donors (Lipinski definition) is 0. The Balaban J connectivity index is 1.64. The molecule has 0 aliphatic carbocycles. The van der Waals surface area contributed by atoms with E-state index >= 15 is 0 Å². The van der Waals surface area contributed by atoms with Crippen LogP contribution in [0.2, 0.25) is 0 Å². The summed E-state index contributed by atoms with van der Waals surface area (Å²) in [6.45, 7) is 5.28. The first-order valence-corrected chi connectivity index (χ1v) is 9.75. The Kier molecular flexibility index (Phi) is 6.45. The standard InChI is InChI=1S/C23H29NO4/c1-16-7-8-19(14-17(16)2)28-13-11-23(25)24-12-5-6-21(24)20-10-9-18(26-3)15-22(20)27-4/h7-10,14-15,21H,5-6,11-13H2,1-4H3. The molecule has 0 saturated carbocycles. The molecule has 150 valence electrons. The largest absolute Gasteiger partial charge is 0.497 e. The highest BCUT2D eigenvalue weighted by atomic mass is 16.5. The molecule has 2 aromatic rings. The second-order valence-electron chi connectivity index (χ2n) is 7.20. The predicted molar refractivity (Wildman–Crippen MR) is 109 cm³/mol. The zero-order valence-electron chi connectivity index (χ0n) is 17.2. The SMILES string of the molecule is COc1ccc(C2CCCN2C(=O)CCOc2ccc(C)c(C)c2)c(OC)c1. The van der Waals surface area contributed by atoms with Gasteiger partial charge in [-0.25, -0.2) is 0 Å². The molecule has 1 heterocycles. The number of rotatable bonds is 7. The Morgan fingerprint density at radius 2 is 1.82 bits per heavy atom. The topological polar surface area (TPSA) is 48.0 Å². The van der Waals surface area contributed by atoms with Gasteiger partial charge in [0.05, 0.1) is 33.3 Å². The first kappa shape index (κ1) is 20.1. The van der Waals surface area contributed by atoms with E-state index in [1.807, 2.05) is 41.3 Å². The van der Waals surface area contributed by atoms with Crippen LogP contribution in [0.5, 0.6) is 17.2 Å². The highest BCUT2D eigenvalue weighted by Crippen LogP contribution is 2.38. The fraction of sp³-hybridized carbons (Fsp3) is 0.435. The van der Waals surface area contributed by atoms with Crippen LogP contribution in [-0.2, 0) is 4.79 Å². The van der Waals surface area contributed by atoms with Crippen molar-refractivity contribution >= 4 is 5.91 Å². The summed E-state index contributed by atoms with van der Waals surface area (Å²) in [7, 11) is 3.28. The third-order valence-electron chi connectivity index (χ3n) is 5.44. The van der Waals surface area contributed by atoms with Crippen molar-refractivity contribution in [2.75, 3.05) is 27.4 Å². The lowest BCUT2D eigenvalue weighted by atomic mass is 10.0. The van der Waals surface area contributed by atoms with E-state index in [0.717, 1.165) is 42.2 Å². The van der Waals surface area contributed by atoms with Crippen LogP contribution < -0.4 is 14.2 Å². The van der Waals surface area contributed by atoms with E-state index < -0.39 is 0 Å². The Morgan fingerprint density at radius 3 is 2.54 bits per heavy atom. The minimum absolute atomic E-state index is 0.0370. The first-order chi connectivity index (χ1) is 13.5. The van der Waals surface area contributed by atoms with Crippen LogP contribution in [0.4, 0.5) is 0 Å². The van der Waals surface area contributed by atoms with Gasteiger partial charge in [0.2, 0.25) is 5.91 Å². The molecule has 1 unspecified atom stereocenters. The molecule has 0 bridgehead atoms. The number of amides is 1. The van der Waals surface area contributed by atoms with Gasteiger partial charge in [-0.3, -0.25) is 4.79 Å². The number of hydrogen-bond acceptors (Lipinski definition) is 4. The number of benzene rings is 2. The fourth-order valence-corrected chi connectivity index (χ4v) is 3.69. The zero-order valence-corrected chi connectivity index (χ0v) is 17.2. The molecule has 0 aromatic heterocycles. The van der Waals surface area contributed by atoms with Gasteiger partial charge in [-0.05, 0) is 62.1 Å². The molecule has 1 atom stereocenters. The molecular formula is C23H29NO4. The third-order valence-corrected chi connectivity index (χ3v) is 5.44. The second kappa shape index (κ2) is 9.00. The van der Waals surface area contributed by atoms with E-state index in [0.29, 0.717) is 13.0 Å². The van der Waals surface area contributed by atoms with E-state index in [1.54, 1.807) is 14.2 Å². The molecule has 0 radical (unpaired) electrons. The number of nitrogens with zero attached hydrogens (tertiary/aromatic N) is 1. The van der Waals surface area contributed by atoms with Crippen molar-refractivity contribution in [3.63, 3.8) is 0 Å². The third kappa shape index (κ3) is 4.41. The Bertz CT molecular complexity index is 833. The molecule has 28 heavy (non-hydrogen) atoms. The van der Waals surface area contributed by atoms with Gasteiger partial charge in [0.15, 0.2) is 0 Å². The van der Waals surface area contributed by atoms with Crippen molar-refractivity contribution in [3.05, 3.63) is 53.1 Å². The summed E-state index contributed by atoms with van der Waals surface area (Å²) in [6.07, 6.45) is 2.29. The minimum atomic E-state index is 0.0370. The summed E-state index contributed by atoms with van der Waals surface area (Å²) in [6, 6.07) is 11.8. The Labute approximate surface area is 167 Å². The van der Waals surface area contributed by atoms with Crippen molar-refractivity contribution in [2.45, 2.75) is 39.2 Å². The lowest BCUT2D eigenvalue weighted by Gasteiger charge is -2.26. The number of carbonyl (C=O) groups excluding carboxylic acids is 1. The van der Waals surface area contributed by atoms with Gasteiger partial charge in [-0.1, -0.05) is 6.07 Å². The maximum atomic E-state index is 12.8. The van der Waals surface area contributed by atoms with Crippen molar-refractivity contribution in [1.82, 2.24) is 4.90 Å². The van der Waals surface area contributed by atoms with Crippen LogP contribution in [0.1, 0.15) is 42.0 Å². The molecule has 1 aliphatic rings. The quantitative estimate of drug-likeness (QED) is 0.709. The van der Waals surface area contributed by atoms with Crippen molar-refractivity contribution in [3.8, 4) is 17.2 Å². The van der Waals surface area contributed by atoms with Crippen LogP contribution >= 0.6 is 0 Å². The van der Waals surface area contributed by atoms with E-state index in [9.17, 15) is 4.79 Å². The van der Waals surface area contributed by atoms with Gasteiger partial charge in [0.1, 0.15) is 17.2 Å². The highest BCUT2D eigenvalue weighted by molar-refractivity contribution is 5.77.